The van der Waals surface area contributed by atoms with E-state index in [1.54, 1.807) is 39.3 Å². The Kier molecular flexibility index (Phi) is 4.27. The van der Waals surface area contributed by atoms with Gasteiger partial charge in [-0.2, -0.15) is 0 Å². The van der Waals surface area contributed by atoms with Crippen LogP contribution in [-0.2, 0) is 4.79 Å². The summed E-state index contributed by atoms with van der Waals surface area (Å²) in [7, 11) is 4.59. The Bertz CT molecular complexity index is 983. The first-order valence-corrected chi connectivity index (χ1v) is 7.53. The number of hydrogen-bond donors (Lipinski definition) is 0. The number of carbonyl (C=O) groups is 1. The number of carbonyl (C=O) groups excluding carboxylic acids is 1. The SMILES string of the molecule is C=C(C)C(=O)Oc1ccc2c(oc3c(OC)c(OC)ccc32)c1OC. The van der Waals surface area contributed by atoms with E-state index >= 15 is 0 Å². The molecule has 6 nitrogen and oxygen atoms in total. The van der Waals surface area contributed by atoms with Crippen LogP contribution in [0.3, 0.4) is 0 Å². The number of esters is 1. The van der Waals surface area contributed by atoms with E-state index in [-0.39, 0.29) is 11.3 Å². The van der Waals surface area contributed by atoms with Crippen molar-refractivity contribution in [3.8, 4) is 23.0 Å². The van der Waals surface area contributed by atoms with Crippen LogP contribution in [0.1, 0.15) is 6.92 Å². The first-order chi connectivity index (χ1) is 12.0. The highest BCUT2D eigenvalue weighted by Crippen LogP contribution is 2.45. The third kappa shape index (κ3) is 2.65. The molecule has 0 amide bonds. The molecule has 1 aromatic heterocycles. The third-order valence-electron chi connectivity index (χ3n) is 3.83. The van der Waals surface area contributed by atoms with Crippen LogP contribution in [0.5, 0.6) is 23.0 Å². The van der Waals surface area contributed by atoms with Crippen LogP contribution in [0.4, 0.5) is 0 Å². The van der Waals surface area contributed by atoms with Crippen molar-refractivity contribution in [1.29, 1.82) is 0 Å². The number of fused-ring (bicyclic) bond motifs is 3. The summed E-state index contributed by atoms with van der Waals surface area (Å²) >= 11 is 0. The molecule has 0 fully saturated rings. The van der Waals surface area contributed by atoms with Gasteiger partial charge < -0.3 is 23.4 Å². The first-order valence-electron chi connectivity index (χ1n) is 7.53. The number of ether oxygens (including phenoxy) is 4. The summed E-state index contributed by atoms with van der Waals surface area (Å²) in [6.07, 6.45) is 0. The second-order valence-electron chi connectivity index (χ2n) is 5.42. The van der Waals surface area contributed by atoms with Gasteiger partial charge in [-0.3, -0.25) is 0 Å². The molecule has 3 aromatic rings. The van der Waals surface area contributed by atoms with Gasteiger partial charge in [-0.05, 0) is 31.2 Å². The van der Waals surface area contributed by atoms with E-state index in [2.05, 4.69) is 6.58 Å². The zero-order chi connectivity index (χ0) is 18.1. The van der Waals surface area contributed by atoms with E-state index in [1.165, 1.54) is 7.11 Å². The summed E-state index contributed by atoms with van der Waals surface area (Å²) in [5.41, 5.74) is 1.27. The Hall–Kier alpha value is -3.15. The van der Waals surface area contributed by atoms with Crippen LogP contribution in [-0.4, -0.2) is 27.3 Å². The molecule has 0 saturated heterocycles. The van der Waals surface area contributed by atoms with E-state index in [4.69, 9.17) is 23.4 Å². The molecular weight excluding hydrogens is 324 g/mol. The number of furan rings is 1. The molecule has 1 heterocycles. The lowest BCUT2D eigenvalue weighted by Crippen LogP contribution is -2.09. The summed E-state index contributed by atoms with van der Waals surface area (Å²) < 4.78 is 27.5. The Labute approximate surface area is 144 Å². The predicted octanol–water partition coefficient (Wildman–Crippen LogP) is 4.09. The molecular formula is C19H18O6. The normalized spacial score (nSPS) is 10.7. The fourth-order valence-electron chi connectivity index (χ4n) is 2.63. The Morgan fingerprint density at radius 1 is 0.880 bits per heavy atom. The molecule has 0 unspecified atom stereocenters. The topological polar surface area (TPSA) is 67.1 Å². The van der Waals surface area contributed by atoms with Crippen molar-refractivity contribution in [3.05, 3.63) is 36.4 Å². The standard InChI is InChI=1S/C19H18O6/c1-10(2)19(20)24-14-9-7-12-11-6-8-13(21-3)17(22-4)15(11)25-16(12)18(14)23-5/h6-9H,1H2,2-5H3. The maximum absolute atomic E-state index is 11.8. The van der Waals surface area contributed by atoms with Gasteiger partial charge in [-0.1, -0.05) is 6.58 Å². The fraction of sp³-hybridized carbons (Fsp3) is 0.211. The van der Waals surface area contributed by atoms with Crippen LogP contribution in [0, 0.1) is 0 Å². The van der Waals surface area contributed by atoms with Gasteiger partial charge in [-0.25, -0.2) is 4.79 Å². The van der Waals surface area contributed by atoms with E-state index in [9.17, 15) is 4.79 Å². The largest absolute Gasteiger partial charge is 0.493 e. The molecule has 0 atom stereocenters. The summed E-state index contributed by atoms with van der Waals surface area (Å²) in [6.45, 7) is 5.15. The van der Waals surface area contributed by atoms with Gasteiger partial charge in [0, 0.05) is 16.3 Å². The van der Waals surface area contributed by atoms with Crippen LogP contribution in [0.15, 0.2) is 40.8 Å². The minimum Gasteiger partial charge on any atom is -0.493 e. The molecule has 6 heteroatoms. The predicted molar refractivity (Wildman–Crippen MR) is 93.8 cm³/mol. The number of methoxy groups -OCH3 is 3. The lowest BCUT2D eigenvalue weighted by atomic mass is 10.1. The smallest absolute Gasteiger partial charge is 0.338 e. The minimum atomic E-state index is -0.534. The van der Waals surface area contributed by atoms with Crippen molar-refractivity contribution < 1.29 is 28.2 Å². The second kappa shape index (κ2) is 6.39. The molecule has 0 radical (unpaired) electrons. The van der Waals surface area contributed by atoms with Crippen LogP contribution >= 0.6 is 0 Å². The van der Waals surface area contributed by atoms with E-state index in [0.29, 0.717) is 28.4 Å². The highest BCUT2D eigenvalue weighted by molar-refractivity contribution is 6.10. The summed E-state index contributed by atoms with van der Waals surface area (Å²) in [5.74, 6) is 1.09. The van der Waals surface area contributed by atoms with Crippen molar-refractivity contribution in [2.75, 3.05) is 21.3 Å². The number of rotatable bonds is 5. The molecule has 0 N–H and O–H groups in total. The summed E-state index contributed by atoms with van der Waals surface area (Å²) in [5, 5.41) is 1.65. The quantitative estimate of drug-likeness (QED) is 0.395. The molecule has 3 rings (SSSR count). The molecule has 0 saturated carbocycles. The molecule has 0 aliphatic rings. The monoisotopic (exact) mass is 342 g/mol. The highest BCUT2D eigenvalue weighted by Gasteiger charge is 2.21. The van der Waals surface area contributed by atoms with E-state index < -0.39 is 5.97 Å². The average molecular weight is 342 g/mol. The lowest BCUT2D eigenvalue weighted by molar-refractivity contribution is -0.130. The van der Waals surface area contributed by atoms with Gasteiger partial charge in [0.15, 0.2) is 22.7 Å². The Morgan fingerprint density at radius 3 is 1.88 bits per heavy atom. The summed E-state index contributed by atoms with van der Waals surface area (Å²) in [6, 6.07) is 7.14. The van der Waals surface area contributed by atoms with Crippen LogP contribution in [0.25, 0.3) is 21.9 Å². The molecule has 0 spiro atoms. The highest BCUT2D eigenvalue weighted by atomic mass is 16.6. The van der Waals surface area contributed by atoms with E-state index in [1.807, 2.05) is 6.07 Å². The Balaban J connectivity index is 2.27. The molecule has 0 bridgehead atoms. The number of benzene rings is 2. The van der Waals surface area contributed by atoms with Gasteiger partial charge in [0.2, 0.25) is 11.5 Å². The van der Waals surface area contributed by atoms with Gasteiger partial charge in [0.05, 0.1) is 21.3 Å². The fourth-order valence-corrected chi connectivity index (χ4v) is 2.63. The minimum absolute atomic E-state index is 0.257. The number of hydrogen-bond acceptors (Lipinski definition) is 6. The Morgan fingerprint density at radius 2 is 1.40 bits per heavy atom. The second-order valence-corrected chi connectivity index (χ2v) is 5.42. The maximum atomic E-state index is 11.8. The van der Waals surface area contributed by atoms with Crippen molar-refractivity contribution in [2.45, 2.75) is 6.92 Å². The maximum Gasteiger partial charge on any atom is 0.338 e. The lowest BCUT2D eigenvalue weighted by Gasteiger charge is -2.09. The third-order valence-corrected chi connectivity index (χ3v) is 3.83. The van der Waals surface area contributed by atoms with Crippen LogP contribution in [0.2, 0.25) is 0 Å². The van der Waals surface area contributed by atoms with Gasteiger partial charge in [0.1, 0.15) is 0 Å². The zero-order valence-electron chi connectivity index (χ0n) is 14.5. The molecule has 25 heavy (non-hydrogen) atoms. The van der Waals surface area contributed by atoms with Crippen molar-refractivity contribution in [2.24, 2.45) is 0 Å². The van der Waals surface area contributed by atoms with Crippen LogP contribution < -0.4 is 18.9 Å². The van der Waals surface area contributed by atoms with E-state index in [0.717, 1.165) is 10.8 Å². The van der Waals surface area contributed by atoms with Gasteiger partial charge in [-0.15, -0.1) is 0 Å². The van der Waals surface area contributed by atoms with Gasteiger partial charge in [0.25, 0.3) is 0 Å². The summed E-state index contributed by atoms with van der Waals surface area (Å²) in [4.78, 5) is 11.8. The van der Waals surface area contributed by atoms with Crippen molar-refractivity contribution in [3.63, 3.8) is 0 Å². The first kappa shape index (κ1) is 16.7. The van der Waals surface area contributed by atoms with Crippen molar-refractivity contribution >= 4 is 27.9 Å². The van der Waals surface area contributed by atoms with Gasteiger partial charge >= 0.3 is 5.97 Å². The molecule has 2 aromatic carbocycles. The molecule has 0 aliphatic heterocycles. The zero-order valence-corrected chi connectivity index (χ0v) is 14.5. The molecule has 130 valence electrons. The average Bonchev–Trinajstić information content (AvgIpc) is 2.98. The van der Waals surface area contributed by atoms with Crippen molar-refractivity contribution in [1.82, 2.24) is 0 Å². The molecule has 0 aliphatic carbocycles.